The summed E-state index contributed by atoms with van der Waals surface area (Å²) in [4.78, 5) is 15.8. The number of hydrogen-bond donors (Lipinski definition) is 2. The first-order chi connectivity index (χ1) is 9.15. The van der Waals surface area contributed by atoms with Gasteiger partial charge in [0.15, 0.2) is 0 Å². The van der Waals surface area contributed by atoms with Crippen molar-refractivity contribution in [1.82, 2.24) is 15.2 Å². The summed E-state index contributed by atoms with van der Waals surface area (Å²) in [5.74, 6) is 0.349. The molecule has 0 unspecified atom stereocenters. The fourth-order valence-electron chi connectivity index (χ4n) is 2.11. The first-order valence-corrected chi connectivity index (χ1v) is 6.52. The van der Waals surface area contributed by atoms with E-state index in [9.17, 15) is 4.79 Å². The van der Waals surface area contributed by atoms with Crippen LogP contribution in [0, 0.1) is 5.92 Å². The molecule has 5 nitrogen and oxygen atoms in total. The average molecular weight is 297 g/mol. The highest BCUT2D eigenvalue weighted by Gasteiger charge is 2.45. The van der Waals surface area contributed by atoms with E-state index in [0.29, 0.717) is 16.0 Å². The second-order valence-corrected chi connectivity index (χ2v) is 5.28. The van der Waals surface area contributed by atoms with Gasteiger partial charge in [-0.3, -0.25) is 10.1 Å². The third-order valence-electron chi connectivity index (χ3n) is 3.15. The first-order valence-electron chi connectivity index (χ1n) is 5.76. The summed E-state index contributed by atoms with van der Waals surface area (Å²) in [6, 6.07) is 5.35. The number of carbonyl (C=O) groups is 1. The Morgan fingerprint density at radius 2 is 2.26 bits per heavy atom. The van der Waals surface area contributed by atoms with Crippen LogP contribution in [0.3, 0.4) is 0 Å². The highest BCUT2D eigenvalue weighted by molar-refractivity contribution is 6.35. The maximum absolute atomic E-state index is 12.0. The first kappa shape index (κ1) is 12.4. The van der Waals surface area contributed by atoms with Crippen molar-refractivity contribution in [2.24, 2.45) is 5.92 Å². The summed E-state index contributed by atoms with van der Waals surface area (Å²) in [6.45, 7) is 0. The molecule has 2 atom stereocenters. The van der Waals surface area contributed by atoms with Gasteiger partial charge in [-0.25, -0.2) is 5.10 Å². The summed E-state index contributed by atoms with van der Waals surface area (Å²) in [6.07, 6.45) is 2.12. The summed E-state index contributed by atoms with van der Waals surface area (Å²) >= 11 is 12.0. The number of nitrogens with one attached hydrogen (secondary N) is 2. The van der Waals surface area contributed by atoms with Crippen molar-refractivity contribution in [3.8, 4) is 0 Å². The van der Waals surface area contributed by atoms with Crippen LogP contribution in [0.4, 0.5) is 5.95 Å². The molecule has 0 saturated heterocycles. The van der Waals surface area contributed by atoms with E-state index in [2.05, 4.69) is 20.5 Å². The molecule has 1 aliphatic rings. The van der Waals surface area contributed by atoms with Gasteiger partial charge >= 0.3 is 0 Å². The number of aromatic nitrogens is 3. The minimum absolute atomic E-state index is 0.0761. The Morgan fingerprint density at radius 3 is 2.95 bits per heavy atom. The molecular weight excluding hydrogens is 287 g/mol. The average Bonchev–Trinajstić information content (AvgIpc) is 2.99. The Kier molecular flexibility index (Phi) is 3.16. The Morgan fingerprint density at radius 1 is 1.42 bits per heavy atom. The standard InChI is InChI=1S/C12H10Cl2N4O/c13-6-1-2-7(10(14)3-6)8-4-9(8)11(19)17-12-15-5-16-18-12/h1-3,5,8-9H,4H2,(H2,15,16,17,18,19)/t8-,9+/m0/s1. The van der Waals surface area contributed by atoms with E-state index in [4.69, 9.17) is 23.2 Å². The van der Waals surface area contributed by atoms with Crippen LogP contribution in [0.15, 0.2) is 24.5 Å². The predicted molar refractivity (Wildman–Crippen MR) is 72.3 cm³/mol. The van der Waals surface area contributed by atoms with Gasteiger partial charge in [-0.1, -0.05) is 29.3 Å². The zero-order valence-corrected chi connectivity index (χ0v) is 11.2. The molecular formula is C12H10Cl2N4O. The number of amides is 1. The molecule has 1 aliphatic carbocycles. The lowest BCUT2D eigenvalue weighted by Gasteiger charge is -2.04. The summed E-state index contributed by atoms with van der Waals surface area (Å²) in [5, 5.41) is 10.1. The second-order valence-electron chi connectivity index (χ2n) is 4.44. The Hall–Kier alpha value is -1.59. The van der Waals surface area contributed by atoms with Gasteiger partial charge in [-0.05, 0) is 30.0 Å². The Balaban J connectivity index is 1.69. The molecule has 3 rings (SSSR count). The second kappa shape index (κ2) is 4.83. The van der Waals surface area contributed by atoms with Gasteiger partial charge in [0.1, 0.15) is 6.33 Å². The normalized spacial score (nSPS) is 21.2. The van der Waals surface area contributed by atoms with E-state index in [0.717, 1.165) is 12.0 Å². The lowest BCUT2D eigenvalue weighted by molar-refractivity contribution is -0.117. The monoisotopic (exact) mass is 296 g/mol. The minimum atomic E-state index is -0.0798. The van der Waals surface area contributed by atoms with Gasteiger partial charge in [0, 0.05) is 16.0 Å². The van der Waals surface area contributed by atoms with Crippen molar-refractivity contribution < 1.29 is 4.79 Å². The number of hydrogen-bond acceptors (Lipinski definition) is 3. The van der Waals surface area contributed by atoms with Crippen molar-refractivity contribution in [2.45, 2.75) is 12.3 Å². The summed E-state index contributed by atoms with van der Waals surface area (Å²) in [5.41, 5.74) is 0.962. The van der Waals surface area contributed by atoms with E-state index in [1.165, 1.54) is 6.33 Å². The van der Waals surface area contributed by atoms with Crippen molar-refractivity contribution >= 4 is 35.1 Å². The number of aromatic amines is 1. The molecule has 7 heteroatoms. The fourth-order valence-corrected chi connectivity index (χ4v) is 2.65. The molecule has 1 heterocycles. The van der Waals surface area contributed by atoms with Gasteiger partial charge in [0.2, 0.25) is 11.9 Å². The predicted octanol–water partition coefficient (Wildman–Crippen LogP) is 2.85. The molecule has 1 fully saturated rings. The number of rotatable bonds is 3. The van der Waals surface area contributed by atoms with Crippen molar-refractivity contribution in [1.29, 1.82) is 0 Å². The van der Waals surface area contributed by atoms with Crippen LogP contribution in [0.25, 0.3) is 0 Å². The van der Waals surface area contributed by atoms with E-state index in [1.54, 1.807) is 12.1 Å². The Bertz CT molecular complexity index is 614. The number of halogens is 2. The molecule has 0 aliphatic heterocycles. The molecule has 0 radical (unpaired) electrons. The van der Waals surface area contributed by atoms with Gasteiger partial charge in [-0.2, -0.15) is 10.1 Å². The maximum Gasteiger partial charge on any atom is 0.230 e. The molecule has 2 aromatic rings. The molecule has 19 heavy (non-hydrogen) atoms. The summed E-state index contributed by atoms with van der Waals surface area (Å²) < 4.78 is 0. The highest BCUT2D eigenvalue weighted by atomic mass is 35.5. The van der Waals surface area contributed by atoms with Crippen LogP contribution in [0.2, 0.25) is 10.0 Å². The zero-order valence-electron chi connectivity index (χ0n) is 9.73. The van der Waals surface area contributed by atoms with Gasteiger partial charge in [0.25, 0.3) is 0 Å². The van der Waals surface area contributed by atoms with Crippen LogP contribution < -0.4 is 5.32 Å². The van der Waals surface area contributed by atoms with E-state index >= 15 is 0 Å². The quantitative estimate of drug-likeness (QED) is 0.915. The Labute approximate surface area is 119 Å². The number of benzene rings is 1. The number of anilines is 1. The van der Waals surface area contributed by atoms with E-state index < -0.39 is 0 Å². The molecule has 1 aromatic heterocycles. The molecule has 98 valence electrons. The van der Waals surface area contributed by atoms with Crippen LogP contribution in [-0.4, -0.2) is 21.1 Å². The van der Waals surface area contributed by atoms with Crippen LogP contribution >= 0.6 is 23.2 Å². The van der Waals surface area contributed by atoms with E-state index in [1.807, 2.05) is 6.07 Å². The molecule has 0 bridgehead atoms. The van der Waals surface area contributed by atoms with Gasteiger partial charge in [0.05, 0.1) is 0 Å². The molecule has 0 spiro atoms. The number of carbonyl (C=O) groups excluding carboxylic acids is 1. The van der Waals surface area contributed by atoms with Crippen molar-refractivity contribution in [3.63, 3.8) is 0 Å². The summed E-state index contributed by atoms with van der Waals surface area (Å²) in [7, 11) is 0. The van der Waals surface area contributed by atoms with Crippen LogP contribution in [0.5, 0.6) is 0 Å². The highest BCUT2D eigenvalue weighted by Crippen LogP contribution is 2.50. The lowest BCUT2D eigenvalue weighted by atomic mass is 10.1. The minimum Gasteiger partial charge on any atom is -0.295 e. The van der Waals surface area contributed by atoms with Gasteiger partial charge < -0.3 is 0 Å². The smallest absolute Gasteiger partial charge is 0.230 e. The van der Waals surface area contributed by atoms with Crippen molar-refractivity contribution in [2.75, 3.05) is 5.32 Å². The molecule has 1 saturated carbocycles. The zero-order chi connectivity index (χ0) is 13.4. The van der Waals surface area contributed by atoms with E-state index in [-0.39, 0.29) is 17.7 Å². The number of H-pyrrole nitrogens is 1. The topological polar surface area (TPSA) is 70.7 Å². The van der Waals surface area contributed by atoms with Crippen LogP contribution in [-0.2, 0) is 4.79 Å². The SMILES string of the molecule is O=C(Nc1ncn[nH]1)[C@@H]1C[C@H]1c1ccc(Cl)cc1Cl. The number of nitrogens with zero attached hydrogens (tertiary/aromatic N) is 2. The molecule has 1 aromatic carbocycles. The third-order valence-corrected chi connectivity index (χ3v) is 3.71. The third kappa shape index (κ3) is 2.57. The molecule has 2 N–H and O–H groups in total. The fraction of sp³-hybridized carbons (Fsp3) is 0.250. The lowest BCUT2D eigenvalue weighted by Crippen LogP contribution is -2.15. The molecule has 1 amide bonds. The van der Waals surface area contributed by atoms with Gasteiger partial charge in [-0.15, -0.1) is 0 Å². The van der Waals surface area contributed by atoms with Crippen LogP contribution in [0.1, 0.15) is 17.9 Å². The maximum atomic E-state index is 12.0. The van der Waals surface area contributed by atoms with Crippen molar-refractivity contribution in [3.05, 3.63) is 40.1 Å². The largest absolute Gasteiger partial charge is 0.295 e.